The molecule has 0 N–H and O–H groups in total. The topological polar surface area (TPSA) is 43.9 Å². The third kappa shape index (κ3) is 3.88. The fourth-order valence-corrected chi connectivity index (χ4v) is 3.95. The maximum atomic E-state index is 12.9. The number of benzene rings is 2. The zero-order chi connectivity index (χ0) is 18.6. The molecule has 4 rings (SSSR count). The second kappa shape index (κ2) is 7.92. The van der Waals surface area contributed by atoms with E-state index in [-0.39, 0.29) is 5.91 Å². The molecule has 2 aliphatic rings. The van der Waals surface area contributed by atoms with Gasteiger partial charge in [-0.3, -0.25) is 14.5 Å². The van der Waals surface area contributed by atoms with E-state index in [1.165, 1.54) is 5.56 Å². The summed E-state index contributed by atoms with van der Waals surface area (Å²) in [6, 6.07) is 18.2. The maximum absolute atomic E-state index is 12.9. The van der Waals surface area contributed by atoms with E-state index in [2.05, 4.69) is 17.0 Å². The zero-order valence-electron chi connectivity index (χ0n) is 15.5. The molecule has 2 aliphatic heterocycles. The second-order valence-corrected chi connectivity index (χ2v) is 7.24. The van der Waals surface area contributed by atoms with E-state index in [1.807, 2.05) is 42.5 Å². The largest absolute Gasteiger partial charge is 0.332 e. The number of rotatable bonds is 2. The minimum absolute atomic E-state index is 0.369. The lowest BCUT2D eigenvalue weighted by atomic mass is 10.0. The number of piperazine rings is 1. The summed E-state index contributed by atoms with van der Waals surface area (Å²) < 4.78 is 0. The monoisotopic (exact) mass is 363 g/mol. The predicted octanol–water partition coefficient (Wildman–Crippen LogP) is 2.31. The van der Waals surface area contributed by atoms with Crippen LogP contribution in [0.5, 0.6) is 0 Å². The number of carbonyl (C=O) groups is 2. The summed E-state index contributed by atoms with van der Waals surface area (Å²) in [4.78, 5) is 31.3. The Hall–Kier alpha value is -2.66. The Labute approximate surface area is 160 Å². The van der Waals surface area contributed by atoms with Crippen molar-refractivity contribution in [3.05, 3.63) is 65.7 Å². The van der Waals surface area contributed by atoms with Crippen molar-refractivity contribution in [2.75, 3.05) is 37.6 Å². The third-order valence-electron chi connectivity index (χ3n) is 5.45. The predicted molar refractivity (Wildman–Crippen MR) is 105 cm³/mol. The lowest BCUT2D eigenvalue weighted by Gasteiger charge is -2.36. The average molecular weight is 363 g/mol. The molecule has 0 atom stereocenters. The van der Waals surface area contributed by atoms with Gasteiger partial charge in [-0.25, -0.2) is 0 Å². The first-order valence-electron chi connectivity index (χ1n) is 9.67. The third-order valence-corrected chi connectivity index (χ3v) is 5.45. The Bertz CT molecular complexity index is 813. The molecule has 2 aromatic rings. The summed E-state index contributed by atoms with van der Waals surface area (Å²) in [7, 11) is 0. The van der Waals surface area contributed by atoms with Crippen molar-refractivity contribution in [3.8, 4) is 0 Å². The van der Waals surface area contributed by atoms with Gasteiger partial charge in [0.25, 0.3) is 0 Å². The zero-order valence-corrected chi connectivity index (χ0v) is 15.5. The van der Waals surface area contributed by atoms with Gasteiger partial charge in [-0.1, -0.05) is 48.5 Å². The molecular weight excluding hydrogens is 338 g/mol. The highest BCUT2D eigenvalue weighted by Crippen LogP contribution is 2.27. The van der Waals surface area contributed by atoms with E-state index in [9.17, 15) is 9.59 Å². The van der Waals surface area contributed by atoms with Gasteiger partial charge in [0.1, 0.15) is 0 Å². The van der Waals surface area contributed by atoms with Crippen LogP contribution in [0.4, 0.5) is 5.69 Å². The molecule has 2 heterocycles. The van der Waals surface area contributed by atoms with Crippen LogP contribution in [-0.4, -0.2) is 54.3 Å². The number of amides is 2. The van der Waals surface area contributed by atoms with Crippen LogP contribution in [0.3, 0.4) is 0 Å². The van der Waals surface area contributed by atoms with Gasteiger partial charge in [-0.05, 0) is 30.0 Å². The molecule has 0 unspecified atom stereocenters. The number of para-hydroxylation sites is 1. The molecule has 0 aromatic heterocycles. The molecule has 1 fully saturated rings. The van der Waals surface area contributed by atoms with Gasteiger partial charge in [-0.2, -0.15) is 0 Å². The van der Waals surface area contributed by atoms with Gasteiger partial charge in [0.2, 0.25) is 0 Å². The lowest BCUT2D eigenvalue weighted by molar-refractivity contribution is -0.145. The highest BCUT2D eigenvalue weighted by Gasteiger charge is 2.32. The molecule has 1 saturated heterocycles. The smallest absolute Gasteiger partial charge is 0.316 e. The molecule has 5 heteroatoms. The molecule has 0 bridgehead atoms. The van der Waals surface area contributed by atoms with Gasteiger partial charge < -0.3 is 9.80 Å². The number of fused-ring (bicyclic) bond motifs is 1. The van der Waals surface area contributed by atoms with Crippen molar-refractivity contribution in [3.63, 3.8) is 0 Å². The quantitative estimate of drug-likeness (QED) is 0.769. The number of hydrogen-bond acceptors (Lipinski definition) is 3. The normalized spacial score (nSPS) is 17.5. The van der Waals surface area contributed by atoms with E-state index in [0.717, 1.165) is 43.7 Å². The minimum atomic E-state index is -0.390. The lowest BCUT2D eigenvalue weighted by Crippen LogP contribution is -2.53. The van der Waals surface area contributed by atoms with Crippen molar-refractivity contribution in [2.24, 2.45) is 0 Å². The number of hydrogen-bond donors (Lipinski definition) is 0. The highest BCUT2D eigenvalue weighted by molar-refractivity contribution is 6.40. The number of anilines is 1. The van der Waals surface area contributed by atoms with E-state index in [4.69, 9.17) is 0 Å². The number of carbonyl (C=O) groups excluding carboxylic acids is 2. The average Bonchev–Trinajstić information content (AvgIpc) is 2.73. The Morgan fingerprint density at radius 1 is 0.778 bits per heavy atom. The van der Waals surface area contributed by atoms with Crippen LogP contribution >= 0.6 is 0 Å². The first-order valence-corrected chi connectivity index (χ1v) is 9.67. The van der Waals surface area contributed by atoms with Crippen molar-refractivity contribution in [2.45, 2.75) is 19.4 Å². The van der Waals surface area contributed by atoms with Crippen LogP contribution < -0.4 is 4.90 Å². The van der Waals surface area contributed by atoms with Gasteiger partial charge in [0.15, 0.2) is 0 Å². The molecule has 0 spiro atoms. The first-order chi connectivity index (χ1) is 13.2. The second-order valence-electron chi connectivity index (χ2n) is 7.24. The SMILES string of the molecule is O=C(C(=O)N1CCCc2ccccc21)N1CCN(Cc2ccccc2)CC1. The van der Waals surface area contributed by atoms with Crippen LogP contribution in [0.1, 0.15) is 17.5 Å². The molecule has 2 amide bonds. The van der Waals surface area contributed by atoms with Crippen LogP contribution in [-0.2, 0) is 22.6 Å². The van der Waals surface area contributed by atoms with Crippen molar-refractivity contribution in [1.82, 2.24) is 9.80 Å². The Balaban J connectivity index is 1.36. The fraction of sp³-hybridized carbons (Fsp3) is 0.364. The van der Waals surface area contributed by atoms with Crippen molar-refractivity contribution >= 4 is 17.5 Å². The summed E-state index contributed by atoms with van der Waals surface area (Å²) in [6.07, 6.45) is 1.87. The van der Waals surface area contributed by atoms with Gasteiger partial charge in [0.05, 0.1) is 0 Å². The fourth-order valence-electron chi connectivity index (χ4n) is 3.95. The van der Waals surface area contributed by atoms with Gasteiger partial charge in [0, 0.05) is 45.0 Å². The first kappa shape index (κ1) is 17.7. The van der Waals surface area contributed by atoms with E-state index < -0.39 is 5.91 Å². The molecule has 2 aromatic carbocycles. The molecule has 0 saturated carbocycles. The molecule has 5 nitrogen and oxygen atoms in total. The number of nitrogens with zero attached hydrogens (tertiary/aromatic N) is 3. The van der Waals surface area contributed by atoms with Crippen LogP contribution in [0.2, 0.25) is 0 Å². The Morgan fingerprint density at radius 2 is 1.48 bits per heavy atom. The van der Waals surface area contributed by atoms with E-state index in [1.54, 1.807) is 9.80 Å². The molecular formula is C22H25N3O2. The number of aryl methyl sites for hydroxylation is 1. The molecule has 27 heavy (non-hydrogen) atoms. The van der Waals surface area contributed by atoms with E-state index >= 15 is 0 Å². The Morgan fingerprint density at radius 3 is 2.26 bits per heavy atom. The summed E-state index contributed by atoms with van der Waals surface area (Å²) >= 11 is 0. The summed E-state index contributed by atoms with van der Waals surface area (Å²) in [5, 5.41) is 0. The highest BCUT2D eigenvalue weighted by atomic mass is 16.2. The molecule has 0 radical (unpaired) electrons. The van der Waals surface area contributed by atoms with Crippen molar-refractivity contribution < 1.29 is 9.59 Å². The Kier molecular flexibility index (Phi) is 5.21. The molecule has 140 valence electrons. The van der Waals surface area contributed by atoms with Crippen LogP contribution in [0.15, 0.2) is 54.6 Å². The van der Waals surface area contributed by atoms with Gasteiger partial charge >= 0.3 is 11.8 Å². The van der Waals surface area contributed by atoms with Crippen LogP contribution in [0, 0.1) is 0 Å². The summed E-state index contributed by atoms with van der Waals surface area (Å²) in [5.41, 5.74) is 3.32. The van der Waals surface area contributed by atoms with Gasteiger partial charge in [-0.15, -0.1) is 0 Å². The summed E-state index contributed by atoms with van der Waals surface area (Å²) in [6.45, 7) is 4.31. The maximum Gasteiger partial charge on any atom is 0.316 e. The van der Waals surface area contributed by atoms with Crippen LogP contribution in [0.25, 0.3) is 0 Å². The van der Waals surface area contributed by atoms with Crippen molar-refractivity contribution in [1.29, 1.82) is 0 Å². The summed E-state index contributed by atoms with van der Waals surface area (Å²) in [5.74, 6) is -0.760. The molecule has 0 aliphatic carbocycles. The standard InChI is InChI=1S/C22H25N3O2/c26-21(22(27)25-12-6-10-19-9-4-5-11-20(19)25)24-15-13-23(14-16-24)17-18-7-2-1-3-8-18/h1-5,7-9,11H,6,10,12-17H2. The minimum Gasteiger partial charge on any atom is -0.332 e. The van der Waals surface area contributed by atoms with E-state index in [0.29, 0.717) is 19.6 Å².